The predicted molar refractivity (Wildman–Crippen MR) is 84.0 cm³/mol. The van der Waals surface area contributed by atoms with E-state index in [1.54, 1.807) is 20.8 Å². The van der Waals surface area contributed by atoms with Crippen LogP contribution in [0.3, 0.4) is 0 Å². The number of hydrogen-bond acceptors (Lipinski definition) is 5. The molecular formula is C16H29NO6. The SMILES string of the molecule is CC(C)(C)OC(=O)N[C@H](CC[C@H](O)OC1CCCCC1)C(=O)O. The lowest BCUT2D eigenvalue weighted by molar-refractivity contribution is -0.151. The largest absolute Gasteiger partial charge is 0.480 e. The van der Waals surface area contributed by atoms with Crippen molar-refractivity contribution < 1.29 is 29.3 Å². The third-order valence-corrected chi connectivity index (χ3v) is 3.59. The Morgan fingerprint density at radius 3 is 2.30 bits per heavy atom. The fourth-order valence-electron chi connectivity index (χ4n) is 2.51. The van der Waals surface area contributed by atoms with Crippen molar-refractivity contribution in [1.29, 1.82) is 0 Å². The summed E-state index contributed by atoms with van der Waals surface area (Å²) in [5, 5.41) is 21.4. The monoisotopic (exact) mass is 331 g/mol. The Kier molecular flexibility index (Phi) is 7.78. The van der Waals surface area contributed by atoms with Crippen LogP contribution in [0.15, 0.2) is 0 Å². The van der Waals surface area contributed by atoms with Gasteiger partial charge in [0.1, 0.15) is 11.6 Å². The van der Waals surface area contributed by atoms with Crippen molar-refractivity contribution in [2.75, 3.05) is 0 Å². The van der Waals surface area contributed by atoms with Crippen LogP contribution >= 0.6 is 0 Å². The normalized spacial score (nSPS) is 19.0. The van der Waals surface area contributed by atoms with Crippen LogP contribution < -0.4 is 5.32 Å². The van der Waals surface area contributed by atoms with Gasteiger partial charge in [0.2, 0.25) is 0 Å². The number of alkyl carbamates (subject to hydrolysis) is 1. The molecule has 23 heavy (non-hydrogen) atoms. The lowest BCUT2D eigenvalue weighted by Gasteiger charge is -2.26. The maximum Gasteiger partial charge on any atom is 0.408 e. The minimum atomic E-state index is -1.17. The molecule has 1 rings (SSSR count). The van der Waals surface area contributed by atoms with Crippen molar-refractivity contribution in [2.45, 2.75) is 89.8 Å². The van der Waals surface area contributed by atoms with Gasteiger partial charge in [-0.05, 0) is 40.0 Å². The molecule has 3 N–H and O–H groups in total. The van der Waals surface area contributed by atoms with Crippen LogP contribution in [-0.2, 0) is 14.3 Å². The van der Waals surface area contributed by atoms with Gasteiger partial charge < -0.3 is 25.0 Å². The van der Waals surface area contributed by atoms with Crippen molar-refractivity contribution in [3.63, 3.8) is 0 Å². The predicted octanol–water partition coefficient (Wildman–Crippen LogP) is 2.41. The highest BCUT2D eigenvalue weighted by Gasteiger charge is 2.25. The summed E-state index contributed by atoms with van der Waals surface area (Å²) in [5.74, 6) is -1.17. The number of amides is 1. The Balaban J connectivity index is 2.37. The second kappa shape index (κ2) is 9.08. The van der Waals surface area contributed by atoms with Crippen LogP contribution in [0.4, 0.5) is 4.79 Å². The average Bonchev–Trinajstić information content (AvgIpc) is 2.42. The number of nitrogens with one attached hydrogen (secondary N) is 1. The highest BCUT2D eigenvalue weighted by molar-refractivity contribution is 5.79. The first kappa shape index (κ1) is 19.7. The van der Waals surface area contributed by atoms with Crippen molar-refractivity contribution in [3.05, 3.63) is 0 Å². The first-order chi connectivity index (χ1) is 10.7. The molecule has 1 amide bonds. The first-order valence-corrected chi connectivity index (χ1v) is 8.23. The summed E-state index contributed by atoms with van der Waals surface area (Å²) in [5.41, 5.74) is -0.698. The van der Waals surface area contributed by atoms with E-state index in [0.717, 1.165) is 25.7 Å². The molecule has 0 aromatic carbocycles. The molecule has 0 aliphatic heterocycles. The number of carboxylic acids is 1. The molecule has 0 heterocycles. The molecule has 0 saturated heterocycles. The van der Waals surface area contributed by atoms with Crippen LogP contribution in [0.5, 0.6) is 0 Å². The summed E-state index contributed by atoms with van der Waals surface area (Å²) in [6.07, 6.45) is 3.69. The van der Waals surface area contributed by atoms with Gasteiger partial charge in [-0.1, -0.05) is 19.3 Å². The quantitative estimate of drug-likeness (QED) is 0.619. The minimum Gasteiger partial charge on any atom is -0.480 e. The summed E-state index contributed by atoms with van der Waals surface area (Å²) < 4.78 is 10.6. The second-order valence-corrected chi connectivity index (χ2v) is 6.97. The van der Waals surface area contributed by atoms with E-state index in [4.69, 9.17) is 14.6 Å². The molecule has 0 aromatic heterocycles. The number of carbonyl (C=O) groups excluding carboxylic acids is 1. The number of carbonyl (C=O) groups is 2. The Morgan fingerprint density at radius 1 is 1.17 bits per heavy atom. The number of rotatable bonds is 7. The van der Waals surface area contributed by atoms with Crippen LogP contribution in [0.25, 0.3) is 0 Å². The number of aliphatic carboxylic acids is 1. The van der Waals surface area contributed by atoms with Crippen LogP contribution in [0.1, 0.15) is 65.7 Å². The molecule has 0 spiro atoms. The zero-order valence-electron chi connectivity index (χ0n) is 14.2. The van der Waals surface area contributed by atoms with Gasteiger partial charge >= 0.3 is 12.1 Å². The Labute approximate surface area is 137 Å². The molecule has 1 aliphatic carbocycles. The molecular weight excluding hydrogens is 302 g/mol. The summed E-state index contributed by atoms with van der Waals surface area (Å²) in [6, 6.07) is -1.12. The summed E-state index contributed by atoms with van der Waals surface area (Å²) in [7, 11) is 0. The molecule has 7 heteroatoms. The number of aliphatic hydroxyl groups excluding tert-OH is 1. The highest BCUT2D eigenvalue weighted by Crippen LogP contribution is 2.22. The average molecular weight is 331 g/mol. The van der Waals surface area contributed by atoms with E-state index >= 15 is 0 Å². The van der Waals surface area contributed by atoms with Gasteiger partial charge in [0.05, 0.1) is 6.10 Å². The molecule has 0 bridgehead atoms. The number of aliphatic hydroxyl groups is 1. The first-order valence-electron chi connectivity index (χ1n) is 8.23. The molecule has 0 radical (unpaired) electrons. The van der Waals surface area contributed by atoms with Gasteiger partial charge in [-0.3, -0.25) is 0 Å². The van der Waals surface area contributed by atoms with E-state index in [1.807, 2.05) is 0 Å². The molecule has 7 nitrogen and oxygen atoms in total. The van der Waals surface area contributed by atoms with Crippen molar-refractivity contribution in [1.82, 2.24) is 5.32 Å². The van der Waals surface area contributed by atoms with Gasteiger partial charge in [0.25, 0.3) is 0 Å². The maximum absolute atomic E-state index is 11.6. The van der Waals surface area contributed by atoms with Crippen LogP contribution in [-0.4, -0.2) is 46.3 Å². The van der Waals surface area contributed by atoms with Crippen LogP contribution in [0.2, 0.25) is 0 Å². The Bertz CT molecular complexity index is 387. The van der Waals surface area contributed by atoms with Gasteiger partial charge in [-0.25, -0.2) is 9.59 Å². The topological polar surface area (TPSA) is 105 Å². The van der Waals surface area contributed by atoms with Gasteiger partial charge in [-0.15, -0.1) is 0 Å². The number of ether oxygens (including phenoxy) is 2. The Hall–Kier alpha value is -1.34. The molecule has 1 saturated carbocycles. The van der Waals surface area contributed by atoms with E-state index < -0.39 is 30.0 Å². The highest BCUT2D eigenvalue weighted by atomic mass is 16.6. The van der Waals surface area contributed by atoms with Gasteiger partial charge in [0, 0.05) is 6.42 Å². The lowest BCUT2D eigenvalue weighted by atomic mass is 9.98. The molecule has 1 aliphatic rings. The van der Waals surface area contributed by atoms with Crippen molar-refractivity contribution >= 4 is 12.1 Å². The maximum atomic E-state index is 11.6. The number of hydrogen-bond donors (Lipinski definition) is 3. The van der Waals surface area contributed by atoms with E-state index in [1.165, 1.54) is 6.42 Å². The smallest absolute Gasteiger partial charge is 0.408 e. The molecule has 0 aromatic rings. The third kappa shape index (κ3) is 8.76. The van der Waals surface area contributed by atoms with E-state index in [2.05, 4.69) is 5.32 Å². The van der Waals surface area contributed by atoms with Crippen LogP contribution in [0, 0.1) is 0 Å². The molecule has 1 fully saturated rings. The van der Waals surface area contributed by atoms with Crippen molar-refractivity contribution in [2.24, 2.45) is 0 Å². The zero-order valence-corrected chi connectivity index (χ0v) is 14.2. The summed E-state index contributed by atoms with van der Waals surface area (Å²) in [4.78, 5) is 22.9. The number of carboxylic acid groups (broad SMARTS) is 1. The fraction of sp³-hybridized carbons (Fsp3) is 0.875. The summed E-state index contributed by atoms with van der Waals surface area (Å²) in [6.45, 7) is 5.10. The molecule has 2 atom stereocenters. The minimum absolute atomic E-state index is 0.0424. The fourth-order valence-corrected chi connectivity index (χ4v) is 2.51. The Morgan fingerprint density at radius 2 is 1.78 bits per heavy atom. The zero-order chi connectivity index (χ0) is 17.5. The van der Waals surface area contributed by atoms with Crippen molar-refractivity contribution in [3.8, 4) is 0 Å². The molecule has 134 valence electrons. The van der Waals surface area contributed by atoms with E-state index in [-0.39, 0.29) is 18.9 Å². The van der Waals surface area contributed by atoms with E-state index in [9.17, 15) is 14.7 Å². The van der Waals surface area contributed by atoms with E-state index in [0.29, 0.717) is 0 Å². The van der Waals surface area contributed by atoms with Gasteiger partial charge in [0.15, 0.2) is 6.29 Å². The third-order valence-electron chi connectivity index (χ3n) is 3.59. The second-order valence-electron chi connectivity index (χ2n) is 6.97. The summed E-state index contributed by atoms with van der Waals surface area (Å²) >= 11 is 0. The standard InChI is InChI=1S/C16H29NO6/c1-16(2,3)23-15(21)17-12(14(19)20)9-10-13(18)22-11-7-5-4-6-8-11/h11-13,18H,4-10H2,1-3H3,(H,17,21)(H,19,20)/t12-,13-/m1/s1. The van der Waals surface area contributed by atoms with Gasteiger partial charge in [-0.2, -0.15) is 0 Å². The molecule has 0 unspecified atom stereocenters. The lowest BCUT2D eigenvalue weighted by Crippen LogP contribution is -2.44.